The van der Waals surface area contributed by atoms with E-state index in [2.05, 4.69) is 36.9 Å². The lowest BCUT2D eigenvalue weighted by molar-refractivity contribution is 0.386. The maximum atomic E-state index is 5.64. The molecular weight excluding hydrogens is 208 g/mol. The van der Waals surface area contributed by atoms with Crippen molar-refractivity contribution in [3.8, 4) is 0 Å². The second kappa shape index (κ2) is 5.54. The molecule has 0 amide bonds. The molecule has 0 radical (unpaired) electrons. The van der Waals surface area contributed by atoms with E-state index in [4.69, 9.17) is 5.73 Å². The van der Waals surface area contributed by atoms with E-state index in [0.29, 0.717) is 0 Å². The van der Waals surface area contributed by atoms with E-state index >= 15 is 0 Å². The Kier molecular flexibility index (Phi) is 4.06. The number of benzene rings is 1. The van der Waals surface area contributed by atoms with Crippen molar-refractivity contribution in [3.63, 3.8) is 0 Å². The van der Waals surface area contributed by atoms with Crippen molar-refractivity contribution in [2.45, 2.75) is 33.1 Å². The zero-order valence-corrected chi connectivity index (χ0v) is 11.1. The van der Waals surface area contributed by atoms with Gasteiger partial charge in [0, 0.05) is 18.8 Å². The third-order valence-corrected chi connectivity index (χ3v) is 3.89. The Morgan fingerprint density at radius 1 is 1.24 bits per heavy atom. The lowest BCUT2D eigenvalue weighted by atomic mass is 9.93. The normalized spacial score (nSPS) is 17.5. The largest absolute Gasteiger partial charge is 0.371 e. The Bertz CT molecular complexity index is 365. The minimum absolute atomic E-state index is 0.841. The maximum absolute atomic E-state index is 5.64. The molecule has 1 aliphatic rings. The van der Waals surface area contributed by atoms with E-state index in [-0.39, 0.29) is 0 Å². The second-order valence-corrected chi connectivity index (χ2v) is 5.30. The lowest BCUT2D eigenvalue weighted by Crippen LogP contribution is -2.34. The molecule has 0 saturated carbocycles. The average molecular weight is 232 g/mol. The van der Waals surface area contributed by atoms with Gasteiger partial charge in [0.1, 0.15) is 0 Å². The molecule has 2 heteroatoms. The van der Waals surface area contributed by atoms with Crippen LogP contribution in [0.3, 0.4) is 0 Å². The average Bonchev–Trinajstić information content (AvgIpc) is 2.34. The van der Waals surface area contributed by atoms with Crippen molar-refractivity contribution in [1.29, 1.82) is 0 Å². The number of hydrogen-bond donors (Lipinski definition) is 1. The van der Waals surface area contributed by atoms with E-state index in [1.54, 1.807) is 0 Å². The van der Waals surface area contributed by atoms with Gasteiger partial charge in [-0.25, -0.2) is 0 Å². The fourth-order valence-electron chi connectivity index (χ4n) is 2.76. The molecule has 17 heavy (non-hydrogen) atoms. The molecule has 1 aromatic carbocycles. The van der Waals surface area contributed by atoms with Gasteiger partial charge in [-0.05, 0) is 62.8 Å². The van der Waals surface area contributed by atoms with Crippen LogP contribution in [0.1, 0.15) is 30.4 Å². The predicted molar refractivity (Wildman–Crippen MR) is 74.5 cm³/mol. The molecule has 94 valence electrons. The minimum Gasteiger partial charge on any atom is -0.371 e. The number of aryl methyl sites for hydroxylation is 2. The van der Waals surface area contributed by atoms with Crippen molar-refractivity contribution in [3.05, 3.63) is 29.3 Å². The molecule has 1 aromatic rings. The summed E-state index contributed by atoms with van der Waals surface area (Å²) in [6, 6.07) is 6.75. The minimum atomic E-state index is 0.841. The highest BCUT2D eigenvalue weighted by molar-refractivity contribution is 5.55. The van der Waals surface area contributed by atoms with Gasteiger partial charge in [0.05, 0.1) is 0 Å². The highest BCUT2D eigenvalue weighted by atomic mass is 15.1. The standard InChI is InChI=1S/C15H24N2/c1-12-3-4-13(2)15(11-12)17-9-6-14(5-8-16)7-10-17/h3-4,11,14H,5-10,16H2,1-2H3. The smallest absolute Gasteiger partial charge is 0.0398 e. The van der Waals surface area contributed by atoms with Gasteiger partial charge in [0.25, 0.3) is 0 Å². The molecule has 0 aromatic heterocycles. The molecule has 1 aliphatic heterocycles. The summed E-state index contributed by atoms with van der Waals surface area (Å²) in [6.45, 7) is 7.60. The third kappa shape index (κ3) is 3.01. The molecule has 1 fully saturated rings. The summed E-state index contributed by atoms with van der Waals surface area (Å²) in [5.74, 6) is 0.848. The molecule has 1 heterocycles. The predicted octanol–water partition coefficient (Wildman–Crippen LogP) is 2.87. The van der Waals surface area contributed by atoms with Gasteiger partial charge in [-0.3, -0.25) is 0 Å². The number of hydrogen-bond acceptors (Lipinski definition) is 2. The molecule has 0 bridgehead atoms. The lowest BCUT2D eigenvalue weighted by Gasteiger charge is -2.34. The van der Waals surface area contributed by atoms with E-state index in [0.717, 1.165) is 12.5 Å². The molecule has 2 nitrogen and oxygen atoms in total. The van der Waals surface area contributed by atoms with Gasteiger partial charge in [-0.1, -0.05) is 12.1 Å². The zero-order chi connectivity index (χ0) is 12.3. The van der Waals surface area contributed by atoms with Crippen LogP contribution in [0.2, 0.25) is 0 Å². The van der Waals surface area contributed by atoms with E-state index in [9.17, 15) is 0 Å². The van der Waals surface area contributed by atoms with Gasteiger partial charge in [-0.2, -0.15) is 0 Å². The first-order valence-corrected chi connectivity index (χ1v) is 6.73. The second-order valence-electron chi connectivity index (χ2n) is 5.30. The van der Waals surface area contributed by atoms with Gasteiger partial charge < -0.3 is 10.6 Å². The summed E-state index contributed by atoms with van der Waals surface area (Å²) in [6.07, 6.45) is 3.79. The molecule has 2 rings (SSSR count). The Morgan fingerprint density at radius 2 is 1.94 bits per heavy atom. The van der Waals surface area contributed by atoms with Crippen LogP contribution in [-0.4, -0.2) is 19.6 Å². The first kappa shape index (κ1) is 12.4. The Balaban J connectivity index is 2.02. The molecule has 1 saturated heterocycles. The van der Waals surface area contributed by atoms with Crippen LogP contribution in [-0.2, 0) is 0 Å². The maximum Gasteiger partial charge on any atom is 0.0398 e. The Morgan fingerprint density at radius 3 is 2.59 bits per heavy atom. The molecule has 2 N–H and O–H groups in total. The van der Waals surface area contributed by atoms with Gasteiger partial charge in [0.15, 0.2) is 0 Å². The SMILES string of the molecule is Cc1ccc(C)c(N2CCC(CCN)CC2)c1. The molecule has 0 aliphatic carbocycles. The van der Waals surface area contributed by atoms with Gasteiger partial charge in [-0.15, -0.1) is 0 Å². The highest BCUT2D eigenvalue weighted by Gasteiger charge is 2.19. The van der Waals surface area contributed by atoms with Crippen molar-refractivity contribution < 1.29 is 0 Å². The summed E-state index contributed by atoms with van der Waals surface area (Å²) < 4.78 is 0. The first-order valence-electron chi connectivity index (χ1n) is 6.73. The topological polar surface area (TPSA) is 29.3 Å². The highest BCUT2D eigenvalue weighted by Crippen LogP contribution is 2.27. The molecular formula is C15H24N2. The van der Waals surface area contributed by atoms with Crippen molar-refractivity contribution >= 4 is 5.69 Å². The van der Waals surface area contributed by atoms with Crippen molar-refractivity contribution in [1.82, 2.24) is 0 Å². The number of anilines is 1. The van der Waals surface area contributed by atoms with E-state index in [1.807, 2.05) is 0 Å². The Labute approximate surface area is 105 Å². The third-order valence-electron chi connectivity index (χ3n) is 3.89. The fourth-order valence-corrected chi connectivity index (χ4v) is 2.76. The van der Waals surface area contributed by atoms with Crippen LogP contribution in [0, 0.1) is 19.8 Å². The van der Waals surface area contributed by atoms with Crippen LogP contribution in [0.15, 0.2) is 18.2 Å². The van der Waals surface area contributed by atoms with Crippen LogP contribution in [0.25, 0.3) is 0 Å². The zero-order valence-electron chi connectivity index (χ0n) is 11.1. The molecule has 0 atom stereocenters. The van der Waals surface area contributed by atoms with E-state index < -0.39 is 0 Å². The summed E-state index contributed by atoms with van der Waals surface area (Å²) >= 11 is 0. The summed E-state index contributed by atoms with van der Waals surface area (Å²) in [7, 11) is 0. The Hall–Kier alpha value is -1.02. The van der Waals surface area contributed by atoms with Crippen molar-refractivity contribution in [2.75, 3.05) is 24.5 Å². The van der Waals surface area contributed by atoms with Gasteiger partial charge in [0.2, 0.25) is 0 Å². The monoisotopic (exact) mass is 232 g/mol. The van der Waals surface area contributed by atoms with Crippen LogP contribution in [0.4, 0.5) is 5.69 Å². The fraction of sp³-hybridized carbons (Fsp3) is 0.600. The molecule has 0 spiro atoms. The van der Waals surface area contributed by atoms with Crippen LogP contribution < -0.4 is 10.6 Å². The van der Waals surface area contributed by atoms with Crippen molar-refractivity contribution in [2.24, 2.45) is 11.7 Å². The summed E-state index contributed by atoms with van der Waals surface area (Å²) in [5.41, 5.74) is 9.81. The number of piperidine rings is 1. The van der Waals surface area contributed by atoms with Gasteiger partial charge >= 0.3 is 0 Å². The summed E-state index contributed by atoms with van der Waals surface area (Å²) in [5, 5.41) is 0. The van der Waals surface area contributed by atoms with Crippen LogP contribution >= 0.6 is 0 Å². The number of nitrogens with two attached hydrogens (primary N) is 1. The quantitative estimate of drug-likeness (QED) is 0.868. The van der Waals surface area contributed by atoms with E-state index in [1.165, 1.54) is 49.2 Å². The summed E-state index contributed by atoms with van der Waals surface area (Å²) in [4.78, 5) is 2.54. The van der Waals surface area contributed by atoms with Crippen LogP contribution in [0.5, 0.6) is 0 Å². The first-order chi connectivity index (χ1) is 8.20. The number of rotatable bonds is 3. The molecule has 0 unspecified atom stereocenters. The number of nitrogens with zero attached hydrogens (tertiary/aromatic N) is 1.